The molecule has 116 valence electrons. The van der Waals surface area contributed by atoms with Crippen molar-refractivity contribution < 1.29 is 9.72 Å². The molecule has 2 unspecified atom stereocenters. The van der Waals surface area contributed by atoms with Crippen molar-refractivity contribution in [3.8, 4) is 0 Å². The number of non-ortho nitro benzene ring substituents is 1. The molecule has 22 heavy (non-hydrogen) atoms. The molecular formula is C15H18N4O3. The van der Waals surface area contributed by atoms with Crippen LogP contribution in [0.2, 0.25) is 0 Å². The zero-order chi connectivity index (χ0) is 15.7. The van der Waals surface area contributed by atoms with E-state index in [1.165, 1.54) is 18.6 Å². The summed E-state index contributed by atoms with van der Waals surface area (Å²) < 4.78 is 0. The van der Waals surface area contributed by atoms with E-state index in [2.05, 4.69) is 22.4 Å². The summed E-state index contributed by atoms with van der Waals surface area (Å²) in [6.07, 6.45) is 4.25. The second-order valence-corrected chi connectivity index (χ2v) is 6.00. The maximum absolute atomic E-state index is 12.4. The SMILES string of the molecule is CC1CCCC(NC(=O)c2n[nH]c3ccc([N+](=O)[O-])cc23)C1. The van der Waals surface area contributed by atoms with Crippen molar-refractivity contribution in [2.75, 3.05) is 0 Å². The molecule has 2 N–H and O–H groups in total. The van der Waals surface area contributed by atoms with E-state index in [-0.39, 0.29) is 23.3 Å². The Morgan fingerprint density at radius 1 is 1.45 bits per heavy atom. The maximum atomic E-state index is 12.4. The number of H-pyrrole nitrogens is 1. The van der Waals surface area contributed by atoms with Crippen molar-refractivity contribution in [2.24, 2.45) is 5.92 Å². The van der Waals surface area contributed by atoms with Crippen molar-refractivity contribution in [1.29, 1.82) is 0 Å². The summed E-state index contributed by atoms with van der Waals surface area (Å²) >= 11 is 0. The van der Waals surface area contributed by atoms with Crippen LogP contribution in [-0.4, -0.2) is 27.1 Å². The monoisotopic (exact) mass is 302 g/mol. The Kier molecular flexibility index (Phi) is 3.79. The summed E-state index contributed by atoms with van der Waals surface area (Å²) in [5, 5.41) is 21.1. The van der Waals surface area contributed by atoms with Crippen LogP contribution in [0.25, 0.3) is 10.9 Å². The number of nitrogens with zero attached hydrogens (tertiary/aromatic N) is 2. The molecule has 3 rings (SSSR count). The standard InChI is InChI=1S/C15H18N4O3/c1-9-3-2-4-10(7-9)16-15(20)14-12-8-11(19(21)22)5-6-13(12)17-18-14/h5-6,8-10H,2-4,7H2,1H3,(H,16,20)(H,17,18). The van der Waals surface area contributed by atoms with Crippen molar-refractivity contribution >= 4 is 22.5 Å². The van der Waals surface area contributed by atoms with Crippen LogP contribution in [-0.2, 0) is 0 Å². The Morgan fingerprint density at radius 3 is 3.00 bits per heavy atom. The van der Waals surface area contributed by atoms with E-state index in [9.17, 15) is 14.9 Å². The van der Waals surface area contributed by atoms with Gasteiger partial charge in [0.05, 0.1) is 10.4 Å². The molecule has 1 aromatic heterocycles. The number of aromatic amines is 1. The van der Waals surface area contributed by atoms with Crippen molar-refractivity contribution in [1.82, 2.24) is 15.5 Å². The summed E-state index contributed by atoms with van der Waals surface area (Å²) in [5.74, 6) is 0.335. The predicted molar refractivity (Wildman–Crippen MR) is 81.6 cm³/mol. The van der Waals surface area contributed by atoms with E-state index in [1.54, 1.807) is 6.07 Å². The van der Waals surface area contributed by atoms with E-state index in [0.29, 0.717) is 16.8 Å². The lowest BCUT2D eigenvalue weighted by Gasteiger charge is -2.27. The minimum absolute atomic E-state index is 0.0470. The first-order valence-corrected chi connectivity index (χ1v) is 7.48. The summed E-state index contributed by atoms with van der Waals surface area (Å²) in [6, 6.07) is 4.50. The van der Waals surface area contributed by atoms with E-state index >= 15 is 0 Å². The van der Waals surface area contributed by atoms with Gasteiger partial charge in [-0.1, -0.05) is 19.8 Å². The number of aromatic nitrogens is 2. The van der Waals surface area contributed by atoms with Crippen LogP contribution in [0.4, 0.5) is 5.69 Å². The molecule has 7 nitrogen and oxygen atoms in total. The molecule has 1 aliphatic carbocycles. The second-order valence-electron chi connectivity index (χ2n) is 6.00. The summed E-state index contributed by atoms with van der Waals surface area (Å²) in [5.41, 5.74) is 0.791. The van der Waals surface area contributed by atoms with Crippen LogP contribution in [0.15, 0.2) is 18.2 Å². The minimum Gasteiger partial charge on any atom is -0.348 e. The highest BCUT2D eigenvalue weighted by Gasteiger charge is 2.23. The first kappa shape index (κ1) is 14.5. The number of rotatable bonds is 3. The smallest absolute Gasteiger partial charge is 0.272 e. The zero-order valence-corrected chi connectivity index (χ0v) is 12.3. The fraction of sp³-hybridized carbons (Fsp3) is 0.467. The molecule has 0 aliphatic heterocycles. The molecule has 1 aromatic carbocycles. The van der Waals surface area contributed by atoms with Gasteiger partial charge in [0.25, 0.3) is 11.6 Å². The molecule has 1 aliphatic rings. The number of hydrogen-bond acceptors (Lipinski definition) is 4. The number of fused-ring (bicyclic) bond motifs is 1. The number of benzene rings is 1. The molecule has 0 radical (unpaired) electrons. The quantitative estimate of drug-likeness (QED) is 0.672. The summed E-state index contributed by atoms with van der Waals surface area (Å²) in [7, 11) is 0. The number of amides is 1. The number of nitro groups is 1. The maximum Gasteiger partial charge on any atom is 0.272 e. The van der Waals surface area contributed by atoms with Crippen LogP contribution in [0.3, 0.4) is 0 Å². The number of hydrogen-bond donors (Lipinski definition) is 2. The molecule has 2 aromatic rings. The average Bonchev–Trinajstić information content (AvgIpc) is 2.90. The summed E-state index contributed by atoms with van der Waals surface area (Å²) in [4.78, 5) is 22.8. The van der Waals surface area contributed by atoms with Crippen LogP contribution in [0.1, 0.15) is 43.1 Å². The van der Waals surface area contributed by atoms with E-state index < -0.39 is 4.92 Å². The highest BCUT2D eigenvalue weighted by molar-refractivity contribution is 6.05. The molecule has 1 amide bonds. The van der Waals surface area contributed by atoms with Crippen molar-refractivity contribution in [3.05, 3.63) is 34.0 Å². The first-order chi connectivity index (χ1) is 10.5. The Balaban J connectivity index is 1.84. The molecule has 0 saturated heterocycles. The highest BCUT2D eigenvalue weighted by Crippen LogP contribution is 2.25. The van der Waals surface area contributed by atoms with Gasteiger partial charge >= 0.3 is 0 Å². The molecule has 0 bridgehead atoms. The van der Waals surface area contributed by atoms with Crippen LogP contribution in [0, 0.1) is 16.0 Å². The number of nitro benzene ring substituents is 1. The molecule has 7 heteroatoms. The minimum atomic E-state index is -0.475. The van der Waals surface area contributed by atoms with Gasteiger partial charge in [-0.3, -0.25) is 20.0 Å². The first-order valence-electron chi connectivity index (χ1n) is 7.48. The summed E-state index contributed by atoms with van der Waals surface area (Å²) in [6.45, 7) is 2.19. The van der Waals surface area contributed by atoms with Gasteiger partial charge in [-0.2, -0.15) is 5.10 Å². The molecule has 1 fully saturated rings. The van der Waals surface area contributed by atoms with Gasteiger partial charge in [0, 0.05) is 23.6 Å². The Morgan fingerprint density at radius 2 is 2.27 bits per heavy atom. The molecule has 1 heterocycles. The van der Waals surface area contributed by atoms with Gasteiger partial charge in [0.15, 0.2) is 5.69 Å². The predicted octanol–water partition coefficient (Wildman–Crippen LogP) is 2.78. The highest BCUT2D eigenvalue weighted by atomic mass is 16.6. The molecule has 0 spiro atoms. The largest absolute Gasteiger partial charge is 0.348 e. The molecule has 1 saturated carbocycles. The lowest BCUT2D eigenvalue weighted by molar-refractivity contribution is -0.384. The van der Waals surface area contributed by atoms with Crippen molar-refractivity contribution in [3.63, 3.8) is 0 Å². The molecular weight excluding hydrogens is 284 g/mol. The van der Waals surface area contributed by atoms with E-state index in [4.69, 9.17) is 0 Å². The Bertz CT molecular complexity index is 725. The van der Waals surface area contributed by atoms with Crippen molar-refractivity contribution in [2.45, 2.75) is 38.6 Å². The van der Waals surface area contributed by atoms with Crippen LogP contribution >= 0.6 is 0 Å². The van der Waals surface area contributed by atoms with E-state index in [0.717, 1.165) is 19.3 Å². The lowest BCUT2D eigenvalue weighted by Crippen LogP contribution is -2.38. The Labute approximate surface area is 127 Å². The third-order valence-corrected chi connectivity index (χ3v) is 4.24. The van der Waals surface area contributed by atoms with Crippen LogP contribution < -0.4 is 5.32 Å². The van der Waals surface area contributed by atoms with Gasteiger partial charge in [0.1, 0.15) is 0 Å². The third kappa shape index (κ3) is 2.79. The molecule has 2 atom stereocenters. The second kappa shape index (κ2) is 5.75. The third-order valence-electron chi connectivity index (χ3n) is 4.24. The fourth-order valence-electron chi connectivity index (χ4n) is 3.11. The fourth-order valence-corrected chi connectivity index (χ4v) is 3.11. The van der Waals surface area contributed by atoms with E-state index in [1.807, 2.05) is 0 Å². The number of nitrogens with one attached hydrogen (secondary N) is 2. The lowest BCUT2D eigenvalue weighted by atomic mass is 9.87. The van der Waals surface area contributed by atoms with Crippen LogP contribution in [0.5, 0.6) is 0 Å². The van der Waals surface area contributed by atoms with Gasteiger partial charge in [-0.05, 0) is 24.8 Å². The van der Waals surface area contributed by atoms with Gasteiger partial charge in [-0.15, -0.1) is 0 Å². The number of carbonyl (C=O) groups excluding carboxylic acids is 1. The zero-order valence-electron chi connectivity index (χ0n) is 12.3. The topological polar surface area (TPSA) is 101 Å². The van der Waals surface area contributed by atoms with Gasteiger partial charge < -0.3 is 5.32 Å². The van der Waals surface area contributed by atoms with Gasteiger partial charge in [-0.25, -0.2) is 0 Å². The average molecular weight is 302 g/mol. The van der Waals surface area contributed by atoms with Gasteiger partial charge in [0.2, 0.25) is 0 Å². The number of carbonyl (C=O) groups is 1. The Hall–Kier alpha value is -2.44. The normalized spacial score (nSPS) is 21.7.